The van der Waals surface area contributed by atoms with Gasteiger partial charge in [-0.2, -0.15) is 0 Å². The number of halogens is 1. The molecule has 3 heteroatoms. The highest BCUT2D eigenvalue weighted by Gasteiger charge is 2.10. The Bertz CT molecular complexity index is 492. The Morgan fingerprint density at radius 2 is 2.06 bits per heavy atom. The minimum absolute atomic E-state index is 0.0410. The van der Waals surface area contributed by atoms with Crippen LogP contribution in [-0.2, 0) is 6.54 Å². The molecule has 0 aliphatic heterocycles. The molecule has 1 heterocycles. The second-order valence-electron chi connectivity index (χ2n) is 4.15. The highest BCUT2D eigenvalue weighted by atomic mass is 19.1. The van der Waals surface area contributed by atoms with E-state index in [0.29, 0.717) is 12.1 Å². The molecule has 90 valence electrons. The molecule has 17 heavy (non-hydrogen) atoms. The van der Waals surface area contributed by atoms with E-state index < -0.39 is 0 Å². The molecule has 1 aromatic carbocycles. The number of rotatable bonds is 4. The summed E-state index contributed by atoms with van der Waals surface area (Å²) in [5.41, 5.74) is 1.79. The van der Waals surface area contributed by atoms with E-state index >= 15 is 0 Å². The molecule has 1 atom stereocenters. The normalized spacial score (nSPS) is 12.6. The molecule has 2 rings (SSSR count). The van der Waals surface area contributed by atoms with Gasteiger partial charge in [0.2, 0.25) is 0 Å². The lowest BCUT2D eigenvalue weighted by Gasteiger charge is -2.14. The number of furan rings is 1. The first-order valence-electron chi connectivity index (χ1n) is 5.69. The maximum Gasteiger partial charge on any atom is 0.127 e. The molecule has 1 aromatic heterocycles. The van der Waals surface area contributed by atoms with Gasteiger partial charge in [-0.1, -0.05) is 18.2 Å². The van der Waals surface area contributed by atoms with Crippen molar-refractivity contribution in [2.24, 2.45) is 0 Å². The number of benzene rings is 1. The van der Waals surface area contributed by atoms with Crippen molar-refractivity contribution in [3.8, 4) is 0 Å². The topological polar surface area (TPSA) is 25.2 Å². The van der Waals surface area contributed by atoms with Crippen LogP contribution in [-0.4, -0.2) is 0 Å². The highest BCUT2D eigenvalue weighted by Crippen LogP contribution is 2.17. The van der Waals surface area contributed by atoms with Crippen molar-refractivity contribution in [2.45, 2.75) is 26.4 Å². The minimum Gasteiger partial charge on any atom is -0.468 e. The Balaban J connectivity index is 2.01. The summed E-state index contributed by atoms with van der Waals surface area (Å²) < 4.78 is 18.8. The van der Waals surface area contributed by atoms with Gasteiger partial charge < -0.3 is 9.73 Å². The van der Waals surface area contributed by atoms with E-state index in [9.17, 15) is 4.39 Å². The molecule has 0 saturated heterocycles. The molecule has 0 bridgehead atoms. The third-order valence-corrected chi connectivity index (χ3v) is 2.91. The molecule has 0 radical (unpaired) electrons. The van der Waals surface area contributed by atoms with Crippen LogP contribution in [0.25, 0.3) is 0 Å². The van der Waals surface area contributed by atoms with Crippen molar-refractivity contribution in [3.63, 3.8) is 0 Å². The number of aryl methyl sites for hydroxylation is 1. The molecule has 0 spiro atoms. The average molecular weight is 233 g/mol. The largest absolute Gasteiger partial charge is 0.468 e. The Kier molecular flexibility index (Phi) is 3.59. The standard InChI is InChI=1S/C14H16FNO/c1-10-7-8-17-14(10)9-16-11(2)12-5-3-4-6-13(12)15/h3-8,11,16H,9H2,1-2H3/t11-/m1/s1. The van der Waals surface area contributed by atoms with Crippen LogP contribution in [0.1, 0.15) is 29.9 Å². The van der Waals surface area contributed by atoms with Crippen LogP contribution in [0.15, 0.2) is 41.0 Å². The molecular weight excluding hydrogens is 217 g/mol. The molecule has 0 fully saturated rings. The molecule has 1 N–H and O–H groups in total. The van der Waals surface area contributed by atoms with E-state index in [0.717, 1.165) is 11.3 Å². The van der Waals surface area contributed by atoms with E-state index in [1.807, 2.05) is 26.0 Å². The van der Waals surface area contributed by atoms with Gasteiger partial charge in [0, 0.05) is 11.6 Å². The van der Waals surface area contributed by atoms with E-state index in [1.165, 1.54) is 6.07 Å². The molecule has 2 nitrogen and oxygen atoms in total. The third kappa shape index (κ3) is 2.74. The van der Waals surface area contributed by atoms with Crippen LogP contribution in [0.4, 0.5) is 4.39 Å². The van der Waals surface area contributed by atoms with E-state index in [4.69, 9.17) is 4.42 Å². The Hall–Kier alpha value is -1.61. The summed E-state index contributed by atoms with van der Waals surface area (Å²) in [6.45, 7) is 4.54. The predicted molar refractivity (Wildman–Crippen MR) is 65.1 cm³/mol. The summed E-state index contributed by atoms with van der Waals surface area (Å²) in [5, 5.41) is 3.25. The zero-order valence-electron chi connectivity index (χ0n) is 10.0. The number of nitrogens with one attached hydrogen (secondary N) is 1. The summed E-state index contributed by atoms with van der Waals surface area (Å²) in [6.07, 6.45) is 1.67. The van der Waals surface area contributed by atoms with Gasteiger partial charge in [0.15, 0.2) is 0 Å². The quantitative estimate of drug-likeness (QED) is 0.873. The van der Waals surface area contributed by atoms with Crippen LogP contribution < -0.4 is 5.32 Å². The molecule has 0 saturated carbocycles. The molecule has 0 unspecified atom stereocenters. The lowest BCUT2D eigenvalue weighted by molar-refractivity contribution is 0.451. The highest BCUT2D eigenvalue weighted by molar-refractivity contribution is 5.21. The smallest absolute Gasteiger partial charge is 0.127 e. The molecule has 0 amide bonds. The van der Waals surface area contributed by atoms with Crippen LogP contribution >= 0.6 is 0 Å². The Morgan fingerprint density at radius 3 is 2.71 bits per heavy atom. The van der Waals surface area contributed by atoms with Crippen molar-refractivity contribution in [1.82, 2.24) is 5.32 Å². The summed E-state index contributed by atoms with van der Waals surface area (Å²) in [4.78, 5) is 0. The predicted octanol–water partition coefficient (Wildman–Crippen LogP) is 3.58. The Morgan fingerprint density at radius 1 is 1.29 bits per heavy atom. The van der Waals surface area contributed by atoms with Crippen molar-refractivity contribution in [2.75, 3.05) is 0 Å². The average Bonchev–Trinajstić information content (AvgIpc) is 2.72. The van der Waals surface area contributed by atoms with Gasteiger partial charge in [-0.05, 0) is 31.5 Å². The summed E-state index contributed by atoms with van der Waals surface area (Å²) in [6, 6.07) is 8.69. The van der Waals surface area contributed by atoms with Crippen LogP contribution in [0, 0.1) is 12.7 Å². The first-order chi connectivity index (χ1) is 8.18. The maximum atomic E-state index is 13.5. The number of hydrogen-bond acceptors (Lipinski definition) is 2. The zero-order chi connectivity index (χ0) is 12.3. The molecule has 0 aliphatic carbocycles. The molecule has 2 aromatic rings. The molecule has 0 aliphatic rings. The fourth-order valence-corrected chi connectivity index (χ4v) is 1.77. The van der Waals surface area contributed by atoms with Gasteiger partial charge in [-0.15, -0.1) is 0 Å². The summed E-state index contributed by atoms with van der Waals surface area (Å²) in [5.74, 6) is 0.719. The van der Waals surface area contributed by atoms with Gasteiger partial charge in [-0.25, -0.2) is 4.39 Å². The van der Waals surface area contributed by atoms with Crippen LogP contribution in [0.5, 0.6) is 0 Å². The van der Waals surface area contributed by atoms with Gasteiger partial charge in [-0.3, -0.25) is 0 Å². The van der Waals surface area contributed by atoms with Crippen molar-refractivity contribution in [1.29, 1.82) is 0 Å². The third-order valence-electron chi connectivity index (χ3n) is 2.91. The van der Waals surface area contributed by atoms with Crippen LogP contribution in [0.3, 0.4) is 0 Å². The maximum absolute atomic E-state index is 13.5. The zero-order valence-corrected chi connectivity index (χ0v) is 10.0. The van der Waals surface area contributed by atoms with Crippen molar-refractivity contribution < 1.29 is 8.81 Å². The summed E-state index contributed by atoms with van der Waals surface area (Å²) in [7, 11) is 0. The first-order valence-corrected chi connectivity index (χ1v) is 5.69. The Labute approximate surface area is 100 Å². The fraction of sp³-hybridized carbons (Fsp3) is 0.286. The first kappa shape index (κ1) is 11.9. The second kappa shape index (κ2) is 5.15. The number of hydrogen-bond donors (Lipinski definition) is 1. The second-order valence-corrected chi connectivity index (χ2v) is 4.15. The van der Waals surface area contributed by atoms with E-state index in [-0.39, 0.29) is 11.9 Å². The van der Waals surface area contributed by atoms with E-state index in [2.05, 4.69) is 5.32 Å². The molecular formula is C14H16FNO. The summed E-state index contributed by atoms with van der Waals surface area (Å²) >= 11 is 0. The van der Waals surface area contributed by atoms with Gasteiger partial charge >= 0.3 is 0 Å². The van der Waals surface area contributed by atoms with E-state index in [1.54, 1.807) is 18.4 Å². The van der Waals surface area contributed by atoms with Gasteiger partial charge in [0.25, 0.3) is 0 Å². The fourth-order valence-electron chi connectivity index (χ4n) is 1.77. The van der Waals surface area contributed by atoms with Crippen molar-refractivity contribution >= 4 is 0 Å². The van der Waals surface area contributed by atoms with Gasteiger partial charge in [0.05, 0.1) is 12.8 Å². The van der Waals surface area contributed by atoms with Gasteiger partial charge in [0.1, 0.15) is 11.6 Å². The lowest BCUT2D eigenvalue weighted by Crippen LogP contribution is -2.19. The minimum atomic E-state index is -0.177. The van der Waals surface area contributed by atoms with Crippen LogP contribution in [0.2, 0.25) is 0 Å². The SMILES string of the molecule is Cc1ccoc1CN[C@H](C)c1ccccc1F. The monoisotopic (exact) mass is 233 g/mol. The lowest BCUT2D eigenvalue weighted by atomic mass is 10.1. The van der Waals surface area contributed by atoms with Crippen molar-refractivity contribution in [3.05, 3.63) is 59.3 Å².